The Balaban J connectivity index is 1.70. The SMILES string of the molecule is Cc1ccc(S(=O)(=O)N(C)CC(=O)NCCCOCC2CC2)cc1. The van der Waals surface area contributed by atoms with E-state index in [1.165, 1.54) is 19.9 Å². The molecule has 1 amide bonds. The summed E-state index contributed by atoms with van der Waals surface area (Å²) in [5.74, 6) is 0.426. The van der Waals surface area contributed by atoms with Crippen LogP contribution in [0.1, 0.15) is 24.8 Å². The van der Waals surface area contributed by atoms with Crippen molar-refractivity contribution in [2.75, 3.05) is 33.4 Å². The minimum absolute atomic E-state index is 0.192. The van der Waals surface area contributed by atoms with E-state index in [4.69, 9.17) is 4.74 Å². The van der Waals surface area contributed by atoms with Gasteiger partial charge >= 0.3 is 0 Å². The van der Waals surface area contributed by atoms with E-state index in [-0.39, 0.29) is 17.3 Å². The number of sulfonamides is 1. The maximum Gasteiger partial charge on any atom is 0.243 e. The molecule has 0 aromatic heterocycles. The molecule has 1 aromatic rings. The van der Waals surface area contributed by atoms with E-state index < -0.39 is 10.0 Å². The molecule has 1 saturated carbocycles. The molecule has 1 aliphatic rings. The standard InChI is InChI=1S/C17H26N2O4S/c1-14-4-8-16(9-5-14)24(21,22)19(2)12-17(20)18-10-3-11-23-13-15-6-7-15/h4-5,8-9,15H,3,6-7,10-13H2,1-2H3,(H,18,20). The number of amides is 1. The highest BCUT2D eigenvalue weighted by atomic mass is 32.2. The number of aryl methyl sites for hydroxylation is 1. The zero-order valence-corrected chi connectivity index (χ0v) is 15.1. The molecule has 0 spiro atoms. The molecule has 0 unspecified atom stereocenters. The minimum Gasteiger partial charge on any atom is -0.381 e. The summed E-state index contributed by atoms with van der Waals surface area (Å²) < 4.78 is 31.3. The number of hydrogen-bond donors (Lipinski definition) is 1. The van der Waals surface area contributed by atoms with Gasteiger partial charge in [0.25, 0.3) is 0 Å². The van der Waals surface area contributed by atoms with Crippen molar-refractivity contribution >= 4 is 15.9 Å². The Morgan fingerprint density at radius 1 is 1.29 bits per heavy atom. The highest BCUT2D eigenvalue weighted by molar-refractivity contribution is 7.89. The van der Waals surface area contributed by atoms with E-state index in [0.29, 0.717) is 13.2 Å². The van der Waals surface area contributed by atoms with Crippen LogP contribution in [0.4, 0.5) is 0 Å². The maximum absolute atomic E-state index is 12.4. The molecule has 1 aromatic carbocycles. The van der Waals surface area contributed by atoms with Crippen LogP contribution in [0, 0.1) is 12.8 Å². The van der Waals surface area contributed by atoms with Crippen LogP contribution in [-0.2, 0) is 19.6 Å². The molecule has 6 nitrogen and oxygen atoms in total. The Labute approximate surface area is 144 Å². The first-order valence-electron chi connectivity index (χ1n) is 8.27. The van der Waals surface area contributed by atoms with Crippen molar-refractivity contribution in [1.29, 1.82) is 0 Å². The molecule has 2 rings (SSSR count). The third-order valence-electron chi connectivity index (χ3n) is 3.93. The third-order valence-corrected chi connectivity index (χ3v) is 5.75. The molecule has 7 heteroatoms. The van der Waals surface area contributed by atoms with E-state index in [2.05, 4.69) is 5.32 Å². The molecule has 0 atom stereocenters. The number of carbonyl (C=O) groups is 1. The van der Waals surface area contributed by atoms with Gasteiger partial charge in [0.2, 0.25) is 15.9 Å². The van der Waals surface area contributed by atoms with Crippen LogP contribution in [0.15, 0.2) is 29.2 Å². The van der Waals surface area contributed by atoms with E-state index in [1.54, 1.807) is 24.3 Å². The third kappa shape index (κ3) is 5.89. The molecule has 1 N–H and O–H groups in total. The number of nitrogens with one attached hydrogen (secondary N) is 1. The van der Waals surface area contributed by atoms with Crippen LogP contribution in [-0.4, -0.2) is 52.0 Å². The molecule has 0 saturated heterocycles. The van der Waals surface area contributed by atoms with Crippen molar-refractivity contribution in [1.82, 2.24) is 9.62 Å². The average Bonchev–Trinajstić information content (AvgIpc) is 3.35. The lowest BCUT2D eigenvalue weighted by Gasteiger charge is -2.17. The molecule has 0 aliphatic heterocycles. The van der Waals surface area contributed by atoms with Gasteiger partial charge in [-0.1, -0.05) is 17.7 Å². The highest BCUT2D eigenvalue weighted by Gasteiger charge is 2.23. The highest BCUT2D eigenvalue weighted by Crippen LogP contribution is 2.28. The number of carbonyl (C=O) groups excluding carboxylic acids is 1. The smallest absolute Gasteiger partial charge is 0.243 e. The molecule has 1 fully saturated rings. The Hall–Kier alpha value is -1.44. The van der Waals surface area contributed by atoms with E-state index in [1.807, 2.05) is 6.92 Å². The summed E-state index contributed by atoms with van der Waals surface area (Å²) >= 11 is 0. The zero-order valence-electron chi connectivity index (χ0n) is 14.3. The fourth-order valence-corrected chi connectivity index (χ4v) is 3.30. The van der Waals surface area contributed by atoms with E-state index in [9.17, 15) is 13.2 Å². The zero-order chi connectivity index (χ0) is 17.6. The lowest BCUT2D eigenvalue weighted by atomic mass is 10.2. The summed E-state index contributed by atoms with van der Waals surface area (Å²) in [7, 11) is -2.23. The number of likely N-dealkylation sites (N-methyl/N-ethyl adjacent to an activating group) is 1. The number of benzene rings is 1. The van der Waals surface area contributed by atoms with Crippen LogP contribution in [0.3, 0.4) is 0 Å². The number of hydrogen-bond acceptors (Lipinski definition) is 4. The van der Waals surface area contributed by atoms with Crippen LogP contribution in [0.5, 0.6) is 0 Å². The van der Waals surface area contributed by atoms with Crippen molar-refractivity contribution in [2.45, 2.75) is 31.1 Å². The van der Waals surface area contributed by atoms with Crippen molar-refractivity contribution in [3.63, 3.8) is 0 Å². The summed E-state index contributed by atoms with van der Waals surface area (Å²) in [4.78, 5) is 12.1. The molecular weight excluding hydrogens is 328 g/mol. The quantitative estimate of drug-likeness (QED) is 0.647. The molecule has 134 valence electrons. The lowest BCUT2D eigenvalue weighted by molar-refractivity contribution is -0.121. The van der Waals surface area contributed by atoms with Crippen molar-refractivity contribution < 1.29 is 17.9 Å². The fourth-order valence-electron chi connectivity index (χ4n) is 2.17. The van der Waals surface area contributed by atoms with Crippen molar-refractivity contribution in [3.8, 4) is 0 Å². The summed E-state index contributed by atoms with van der Waals surface area (Å²) in [5.41, 5.74) is 0.984. The first kappa shape index (κ1) is 18.9. The second-order valence-electron chi connectivity index (χ2n) is 6.30. The second kappa shape index (κ2) is 8.60. The van der Waals surface area contributed by atoms with E-state index in [0.717, 1.165) is 28.8 Å². The predicted octanol–water partition coefficient (Wildman–Crippen LogP) is 1.55. The Kier molecular flexibility index (Phi) is 6.77. The topological polar surface area (TPSA) is 75.7 Å². The number of nitrogens with zero attached hydrogens (tertiary/aromatic N) is 1. The van der Waals surface area contributed by atoms with Gasteiger partial charge in [-0.3, -0.25) is 4.79 Å². The molecular formula is C17H26N2O4S. The summed E-state index contributed by atoms with van der Waals surface area (Å²) in [5, 5.41) is 2.72. The normalized spacial score (nSPS) is 14.8. The van der Waals surface area contributed by atoms with Gasteiger partial charge < -0.3 is 10.1 Å². The van der Waals surface area contributed by atoms with Gasteiger partial charge in [0, 0.05) is 26.8 Å². The second-order valence-corrected chi connectivity index (χ2v) is 8.34. The summed E-state index contributed by atoms with van der Waals surface area (Å²) in [6.45, 7) is 3.61. The van der Waals surface area contributed by atoms with Crippen molar-refractivity contribution in [2.24, 2.45) is 5.92 Å². The van der Waals surface area contributed by atoms with Crippen LogP contribution >= 0.6 is 0 Å². The van der Waals surface area contributed by atoms with Crippen LogP contribution in [0.25, 0.3) is 0 Å². The van der Waals surface area contributed by atoms with Gasteiger partial charge in [-0.05, 0) is 44.2 Å². The minimum atomic E-state index is -3.64. The molecule has 0 heterocycles. The number of ether oxygens (including phenoxy) is 1. The monoisotopic (exact) mass is 354 g/mol. The lowest BCUT2D eigenvalue weighted by Crippen LogP contribution is -2.38. The Bertz CT molecular complexity index is 639. The first-order chi connectivity index (χ1) is 11.4. The molecule has 1 aliphatic carbocycles. The molecule has 0 bridgehead atoms. The van der Waals surface area contributed by atoms with Gasteiger partial charge in [0.05, 0.1) is 11.4 Å². The van der Waals surface area contributed by atoms with Gasteiger partial charge in [-0.15, -0.1) is 0 Å². The number of rotatable bonds is 10. The predicted molar refractivity (Wildman–Crippen MR) is 92.2 cm³/mol. The fraction of sp³-hybridized carbons (Fsp3) is 0.588. The van der Waals surface area contributed by atoms with Gasteiger partial charge in [-0.25, -0.2) is 8.42 Å². The largest absolute Gasteiger partial charge is 0.381 e. The summed E-state index contributed by atoms with van der Waals surface area (Å²) in [6.07, 6.45) is 3.25. The van der Waals surface area contributed by atoms with Crippen LogP contribution in [0.2, 0.25) is 0 Å². The van der Waals surface area contributed by atoms with E-state index >= 15 is 0 Å². The van der Waals surface area contributed by atoms with Gasteiger partial charge in [0.15, 0.2) is 0 Å². The van der Waals surface area contributed by atoms with Gasteiger partial charge in [0.1, 0.15) is 0 Å². The molecule has 0 radical (unpaired) electrons. The Morgan fingerprint density at radius 3 is 2.58 bits per heavy atom. The molecule has 24 heavy (non-hydrogen) atoms. The maximum atomic E-state index is 12.4. The average molecular weight is 354 g/mol. The van der Waals surface area contributed by atoms with Crippen molar-refractivity contribution in [3.05, 3.63) is 29.8 Å². The van der Waals surface area contributed by atoms with Gasteiger partial charge in [-0.2, -0.15) is 4.31 Å². The Morgan fingerprint density at radius 2 is 1.96 bits per heavy atom. The summed E-state index contributed by atoms with van der Waals surface area (Å²) in [6, 6.07) is 6.58. The van der Waals surface area contributed by atoms with Crippen LogP contribution < -0.4 is 5.32 Å². The first-order valence-corrected chi connectivity index (χ1v) is 9.71.